The number of rotatable bonds is 9. The van der Waals surface area contributed by atoms with E-state index in [2.05, 4.69) is 5.32 Å². The molecule has 0 bridgehead atoms. The Labute approximate surface area is 161 Å². The SMILES string of the molecule is CCCN(CC(=O)Nc1ccccc1OC)S(=O)(=O)c1ccc(CC)cc1. The number of hydrogen-bond donors (Lipinski definition) is 1. The van der Waals surface area contributed by atoms with Crippen LogP contribution in [0, 0.1) is 0 Å². The maximum absolute atomic E-state index is 13.0. The molecule has 0 aliphatic rings. The highest BCUT2D eigenvalue weighted by molar-refractivity contribution is 7.89. The number of benzene rings is 2. The Balaban J connectivity index is 2.19. The Bertz CT molecular complexity index is 864. The molecule has 0 aliphatic carbocycles. The minimum absolute atomic E-state index is 0.193. The van der Waals surface area contributed by atoms with Crippen molar-refractivity contribution in [3.63, 3.8) is 0 Å². The van der Waals surface area contributed by atoms with Crippen molar-refractivity contribution in [2.45, 2.75) is 31.6 Å². The fourth-order valence-electron chi connectivity index (χ4n) is 2.68. The van der Waals surface area contributed by atoms with Gasteiger partial charge in [0, 0.05) is 6.54 Å². The van der Waals surface area contributed by atoms with Crippen LogP contribution in [0.15, 0.2) is 53.4 Å². The monoisotopic (exact) mass is 390 g/mol. The standard InChI is InChI=1S/C20H26N2O4S/c1-4-14-22(27(24,25)17-12-10-16(5-2)11-13-17)15-20(23)21-18-8-6-7-9-19(18)26-3/h6-13H,4-5,14-15H2,1-3H3,(H,21,23). The summed E-state index contributed by atoms with van der Waals surface area (Å²) in [5.41, 5.74) is 1.57. The van der Waals surface area contributed by atoms with Gasteiger partial charge < -0.3 is 10.1 Å². The van der Waals surface area contributed by atoms with Crippen LogP contribution in [0.2, 0.25) is 0 Å². The van der Waals surface area contributed by atoms with Gasteiger partial charge in [-0.25, -0.2) is 8.42 Å². The van der Waals surface area contributed by atoms with E-state index < -0.39 is 15.9 Å². The molecule has 0 atom stereocenters. The van der Waals surface area contributed by atoms with Gasteiger partial charge in [0.15, 0.2) is 0 Å². The van der Waals surface area contributed by atoms with E-state index in [0.717, 1.165) is 12.0 Å². The number of methoxy groups -OCH3 is 1. The molecule has 0 aliphatic heterocycles. The largest absolute Gasteiger partial charge is 0.495 e. The number of hydrogen-bond acceptors (Lipinski definition) is 4. The van der Waals surface area contributed by atoms with E-state index >= 15 is 0 Å². The number of aryl methyl sites for hydroxylation is 1. The molecule has 0 radical (unpaired) electrons. The number of amides is 1. The predicted molar refractivity (Wildman–Crippen MR) is 106 cm³/mol. The number of nitrogens with one attached hydrogen (secondary N) is 1. The van der Waals surface area contributed by atoms with Crippen molar-refractivity contribution in [3.8, 4) is 5.75 Å². The second-order valence-electron chi connectivity index (χ2n) is 6.08. The highest BCUT2D eigenvalue weighted by Crippen LogP contribution is 2.23. The van der Waals surface area contributed by atoms with Gasteiger partial charge >= 0.3 is 0 Å². The first-order valence-electron chi connectivity index (χ1n) is 8.94. The maximum Gasteiger partial charge on any atom is 0.243 e. The summed E-state index contributed by atoms with van der Waals surface area (Å²) in [7, 11) is -2.24. The molecule has 0 heterocycles. The van der Waals surface area contributed by atoms with E-state index in [0.29, 0.717) is 17.9 Å². The van der Waals surface area contributed by atoms with Gasteiger partial charge in [-0.2, -0.15) is 4.31 Å². The number of carbonyl (C=O) groups is 1. The second kappa shape index (κ2) is 9.53. The second-order valence-corrected chi connectivity index (χ2v) is 8.02. The van der Waals surface area contributed by atoms with E-state index in [-0.39, 0.29) is 18.0 Å². The van der Waals surface area contributed by atoms with Gasteiger partial charge in [-0.15, -0.1) is 0 Å². The highest BCUT2D eigenvalue weighted by atomic mass is 32.2. The Morgan fingerprint density at radius 3 is 2.33 bits per heavy atom. The summed E-state index contributed by atoms with van der Waals surface area (Å²) in [6, 6.07) is 13.8. The van der Waals surface area contributed by atoms with Gasteiger partial charge in [0.05, 0.1) is 24.2 Å². The van der Waals surface area contributed by atoms with Crippen molar-refractivity contribution in [3.05, 3.63) is 54.1 Å². The molecule has 146 valence electrons. The van der Waals surface area contributed by atoms with Gasteiger partial charge in [0.1, 0.15) is 5.75 Å². The zero-order valence-corrected chi connectivity index (χ0v) is 16.8. The van der Waals surface area contributed by atoms with E-state index in [1.165, 1.54) is 11.4 Å². The molecule has 0 spiro atoms. The summed E-state index contributed by atoms with van der Waals surface area (Å²) in [5.74, 6) is 0.104. The van der Waals surface area contributed by atoms with Gasteiger partial charge in [-0.3, -0.25) is 4.79 Å². The first-order valence-corrected chi connectivity index (χ1v) is 10.4. The van der Waals surface area contributed by atoms with Gasteiger partial charge in [-0.1, -0.05) is 38.1 Å². The summed E-state index contributed by atoms with van der Waals surface area (Å²) < 4.78 is 32.3. The Kier molecular flexibility index (Phi) is 7.38. The lowest BCUT2D eigenvalue weighted by Crippen LogP contribution is -2.38. The van der Waals surface area contributed by atoms with Crippen LogP contribution in [0.4, 0.5) is 5.69 Å². The lowest BCUT2D eigenvalue weighted by atomic mass is 10.2. The Morgan fingerprint density at radius 1 is 1.07 bits per heavy atom. The van der Waals surface area contributed by atoms with Crippen LogP contribution in [0.3, 0.4) is 0 Å². The van der Waals surface area contributed by atoms with Crippen LogP contribution >= 0.6 is 0 Å². The summed E-state index contributed by atoms with van der Waals surface area (Å²) in [6.07, 6.45) is 1.44. The van der Waals surface area contributed by atoms with Crippen LogP contribution in [-0.2, 0) is 21.2 Å². The van der Waals surface area contributed by atoms with Crippen molar-refractivity contribution >= 4 is 21.6 Å². The van der Waals surface area contributed by atoms with Crippen LogP contribution in [-0.4, -0.2) is 38.8 Å². The normalized spacial score (nSPS) is 11.4. The van der Waals surface area contributed by atoms with Crippen LogP contribution in [0.1, 0.15) is 25.8 Å². The quantitative estimate of drug-likeness (QED) is 0.713. The van der Waals surface area contributed by atoms with Crippen molar-refractivity contribution in [2.75, 3.05) is 25.5 Å². The molecular weight excluding hydrogens is 364 g/mol. The lowest BCUT2D eigenvalue weighted by molar-refractivity contribution is -0.116. The third-order valence-electron chi connectivity index (χ3n) is 4.14. The average molecular weight is 391 g/mol. The fraction of sp³-hybridized carbons (Fsp3) is 0.350. The molecule has 2 aromatic carbocycles. The van der Waals surface area contributed by atoms with E-state index in [1.54, 1.807) is 48.5 Å². The molecule has 0 fully saturated rings. The van der Waals surface area contributed by atoms with Crippen molar-refractivity contribution in [2.24, 2.45) is 0 Å². The topological polar surface area (TPSA) is 75.7 Å². The number of sulfonamides is 1. The van der Waals surface area contributed by atoms with E-state index in [1.807, 2.05) is 13.8 Å². The average Bonchev–Trinajstić information content (AvgIpc) is 2.68. The van der Waals surface area contributed by atoms with Crippen LogP contribution in [0.25, 0.3) is 0 Å². The van der Waals surface area contributed by atoms with Crippen molar-refractivity contribution in [1.29, 1.82) is 0 Å². The number of ether oxygens (including phenoxy) is 1. The number of carbonyl (C=O) groups excluding carboxylic acids is 1. The molecule has 1 N–H and O–H groups in total. The molecule has 6 nitrogen and oxygen atoms in total. The summed E-state index contributed by atoms with van der Waals surface area (Å²) in [5, 5.41) is 2.72. The zero-order chi connectivity index (χ0) is 19.9. The molecule has 27 heavy (non-hydrogen) atoms. The third kappa shape index (κ3) is 5.30. The summed E-state index contributed by atoms with van der Waals surface area (Å²) in [4.78, 5) is 12.7. The zero-order valence-electron chi connectivity index (χ0n) is 15.9. The number of nitrogens with zero attached hydrogens (tertiary/aromatic N) is 1. The Morgan fingerprint density at radius 2 is 1.74 bits per heavy atom. The van der Waals surface area contributed by atoms with Gasteiger partial charge in [0.25, 0.3) is 0 Å². The molecule has 0 saturated carbocycles. The molecule has 7 heteroatoms. The first kappa shape index (κ1) is 20.9. The fourth-order valence-corrected chi connectivity index (χ4v) is 4.17. The third-order valence-corrected chi connectivity index (χ3v) is 6.00. The van der Waals surface area contributed by atoms with Crippen molar-refractivity contribution in [1.82, 2.24) is 4.31 Å². The minimum atomic E-state index is -3.75. The van der Waals surface area contributed by atoms with E-state index in [9.17, 15) is 13.2 Å². The molecule has 0 unspecified atom stereocenters. The molecule has 0 saturated heterocycles. The van der Waals surface area contributed by atoms with E-state index in [4.69, 9.17) is 4.74 Å². The van der Waals surface area contributed by atoms with Gasteiger partial charge in [0.2, 0.25) is 15.9 Å². The molecule has 0 aromatic heterocycles. The summed E-state index contributed by atoms with van der Waals surface area (Å²) in [6.45, 7) is 3.89. The first-order chi connectivity index (χ1) is 12.9. The molecule has 2 aromatic rings. The maximum atomic E-state index is 13.0. The lowest BCUT2D eigenvalue weighted by Gasteiger charge is -2.21. The van der Waals surface area contributed by atoms with Crippen LogP contribution in [0.5, 0.6) is 5.75 Å². The molecule has 1 amide bonds. The molecule has 2 rings (SSSR count). The number of para-hydroxylation sites is 2. The van der Waals surface area contributed by atoms with Gasteiger partial charge in [-0.05, 0) is 42.7 Å². The smallest absolute Gasteiger partial charge is 0.243 e. The summed E-state index contributed by atoms with van der Waals surface area (Å²) >= 11 is 0. The Hall–Kier alpha value is -2.38. The van der Waals surface area contributed by atoms with Crippen LogP contribution < -0.4 is 10.1 Å². The van der Waals surface area contributed by atoms with Crippen molar-refractivity contribution < 1.29 is 17.9 Å². The molecular formula is C20H26N2O4S. The predicted octanol–water partition coefficient (Wildman–Crippen LogP) is 3.30. The highest BCUT2D eigenvalue weighted by Gasteiger charge is 2.26. The number of anilines is 1. The minimum Gasteiger partial charge on any atom is -0.495 e.